The minimum atomic E-state index is -1.21. The number of rotatable bonds is 3. The molecule has 10 nitrogen and oxygen atoms in total. The number of nitrogens with zero attached hydrogens (tertiary/aromatic N) is 2. The van der Waals surface area contributed by atoms with E-state index in [1.165, 1.54) is 0 Å². The number of hydrogen-bond donors (Lipinski definition) is 4. The monoisotopic (exact) mass is 535 g/mol. The number of hydrogen-bond acceptors (Lipinski definition) is 5. The Bertz CT molecular complexity index is 1400. The number of carbonyl (C=O) groups is 3. The standard InChI is InChI=1S/C27H26ClN5O5/c28-17-6-4-5-16(13-17)23-11-12-33(27(37)38-23)22-7-2-1-3-8-24(34)31-20-14-18(30-26(35)36)9-10-19(20)21-15-29-25(22)32-21/h1-2,4-6,9-10,13-15,22-23,30H,3,7-8,11-12H2,(H,29,32)(H,31,34)(H,35,36)/b2-1+/t22-,23?/m0/s1. The Hall–Kier alpha value is -4.31. The van der Waals surface area contributed by atoms with Crippen molar-refractivity contribution in [2.75, 3.05) is 17.2 Å². The molecule has 0 spiro atoms. The average Bonchev–Trinajstić information content (AvgIpc) is 3.36. The molecule has 3 amide bonds. The highest BCUT2D eigenvalue weighted by atomic mass is 35.5. The third-order valence-electron chi connectivity index (χ3n) is 6.50. The molecule has 4 N–H and O–H groups in total. The summed E-state index contributed by atoms with van der Waals surface area (Å²) < 4.78 is 5.80. The van der Waals surface area contributed by atoms with Crippen LogP contribution >= 0.6 is 11.6 Å². The number of cyclic esters (lactones) is 1. The lowest BCUT2D eigenvalue weighted by Gasteiger charge is -2.36. The van der Waals surface area contributed by atoms with E-state index in [4.69, 9.17) is 26.4 Å². The number of anilines is 2. The number of carboxylic acid groups (broad SMARTS) is 1. The first-order valence-electron chi connectivity index (χ1n) is 12.2. The SMILES string of the molecule is O=C(O)Nc1ccc2c(c1)NC(=O)CC/C=C/C[C@H](N1CCC(c3cccc(Cl)c3)OC1=O)c1nc-2c[nH]1. The first kappa shape index (κ1) is 25.3. The number of ether oxygens (including phenoxy) is 1. The first-order valence-corrected chi connectivity index (χ1v) is 12.6. The van der Waals surface area contributed by atoms with E-state index < -0.39 is 18.2 Å². The van der Waals surface area contributed by atoms with E-state index in [1.54, 1.807) is 41.4 Å². The normalized spacial score (nSPS) is 20.6. The Morgan fingerprint density at radius 3 is 2.84 bits per heavy atom. The minimum Gasteiger partial charge on any atom is -0.465 e. The lowest BCUT2D eigenvalue weighted by atomic mass is 10.0. The molecule has 1 aromatic heterocycles. The molecule has 1 fully saturated rings. The zero-order valence-electron chi connectivity index (χ0n) is 20.3. The van der Waals surface area contributed by atoms with Crippen molar-refractivity contribution in [3.8, 4) is 11.3 Å². The van der Waals surface area contributed by atoms with Gasteiger partial charge in [-0.15, -0.1) is 0 Å². The number of nitrogens with one attached hydrogen (secondary N) is 3. The number of halogens is 1. The van der Waals surface area contributed by atoms with Crippen LogP contribution in [-0.4, -0.2) is 44.6 Å². The van der Waals surface area contributed by atoms with Crippen molar-refractivity contribution in [3.63, 3.8) is 0 Å². The van der Waals surface area contributed by atoms with Crippen LogP contribution in [0.1, 0.15) is 49.2 Å². The Morgan fingerprint density at radius 1 is 1.18 bits per heavy atom. The molecule has 2 aliphatic heterocycles. The number of aromatic nitrogens is 2. The largest absolute Gasteiger partial charge is 0.465 e. The van der Waals surface area contributed by atoms with Crippen molar-refractivity contribution >= 4 is 41.1 Å². The van der Waals surface area contributed by atoms with Gasteiger partial charge in [0, 0.05) is 41.9 Å². The van der Waals surface area contributed by atoms with E-state index >= 15 is 0 Å². The molecule has 0 saturated carbocycles. The molecule has 3 aromatic rings. The van der Waals surface area contributed by atoms with Gasteiger partial charge in [-0.1, -0.05) is 35.9 Å². The van der Waals surface area contributed by atoms with Crippen molar-refractivity contribution in [2.45, 2.75) is 37.8 Å². The average molecular weight is 536 g/mol. The molecule has 2 aliphatic rings. The van der Waals surface area contributed by atoms with Crippen LogP contribution in [0, 0.1) is 0 Å². The number of benzene rings is 2. The van der Waals surface area contributed by atoms with Crippen LogP contribution in [0.25, 0.3) is 11.3 Å². The van der Waals surface area contributed by atoms with Gasteiger partial charge in [0.05, 0.1) is 17.4 Å². The number of carbonyl (C=O) groups excluding carboxylic acids is 2. The van der Waals surface area contributed by atoms with E-state index in [9.17, 15) is 14.4 Å². The van der Waals surface area contributed by atoms with Crippen LogP contribution in [0.5, 0.6) is 0 Å². The number of allylic oxidation sites excluding steroid dienone is 1. The third-order valence-corrected chi connectivity index (χ3v) is 6.74. The van der Waals surface area contributed by atoms with Gasteiger partial charge in [0.25, 0.3) is 0 Å². The second kappa shape index (κ2) is 11.0. The van der Waals surface area contributed by atoms with Crippen LogP contribution in [-0.2, 0) is 9.53 Å². The maximum atomic E-state index is 13.2. The van der Waals surface area contributed by atoms with E-state index in [0.717, 1.165) is 5.56 Å². The molecule has 196 valence electrons. The van der Waals surface area contributed by atoms with Crippen LogP contribution in [0.15, 0.2) is 60.8 Å². The van der Waals surface area contributed by atoms with Gasteiger partial charge in [-0.3, -0.25) is 15.0 Å². The maximum absolute atomic E-state index is 13.2. The second-order valence-electron chi connectivity index (χ2n) is 9.08. The predicted octanol–water partition coefficient (Wildman–Crippen LogP) is 6.12. The summed E-state index contributed by atoms with van der Waals surface area (Å²) in [6.45, 7) is 0.464. The van der Waals surface area contributed by atoms with Crippen LogP contribution in [0.2, 0.25) is 5.02 Å². The van der Waals surface area contributed by atoms with E-state index in [-0.39, 0.29) is 18.4 Å². The van der Waals surface area contributed by atoms with Gasteiger partial charge in [0.1, 0.15) is 11.9 Å². The third kappa shape index (κ3) is 5.65. The predicted molar refractivity (Wildman–Crippen MR) is 142 cm³/mol. The molecular formula is C27H26ClN5O5. The van der Waals surface area contributed by atoms with Crippen molar-refractivity contribution in [1.82, 2.24) is 14.9 Å². The minimum absolute atomic E-state index is 0.207. The Kier molecular flexibility index (Phi) is 7.32. The van der Waals surface area contributed by atoms with E-state index in [2.05, 4.69) is 15.6 Å². The fraction of sp³-hybridized carbons (Fsp3) is 0.259. The Balaban J connectivity index is 1.44. The summed E-state index contributed by atoms with van der Waals surface area (Å²) in [6.07, 6.45) is 5.35. The molecule has 2 aromatic carbocycles. The van der Waals surface area contributed by atoms with Gasteiger partial charge in [0.2, 0.25) is 5.91 Å². The van der Waals surface area contributed by atoms with Crippen LogP contribution in [0.3, 0.4) is 0 Å². The molecular weight excluding hydrogens is 510 g/mol. The van der Waals surface area contributed by atoms with Crippen LogP contribution < -0.4 is 10.6 Å². The van der Waals surface area contributed by atoms with Gasteiger partial charge in [-0.2, -0.15) is 0 Å². The Labute approximate surface area is 223 Å². The van der Waals surface area contributed by atoms with Gasteiger partial charge in [0.15, 0.2) is 0 Å². The van der Waals surface area contributed by atoms with Gasteiger partial charge in [-0.25, -0.2) is 14.6 Å². The quantitative estimate of drug-likeness (QED) is 0.298. The Morgan fingerprint density at radius 2 is 2.05 bits per heavy atom. The summed E-state index contributed by atoms with van der Waals surface area (Å²) in [5.41, 5.74) is 2.77. The number of aromatic amines is 1. The van der Waals surface area contributed by atoms with E-state index in [1.807, 2.05) is 24.3 Å². The zero-order chi connectivity index (χ0) is 26.6. The number of fused-ring (bicyclic) bond motifs is 4. The molecule has 11 heteroatoms. The number of imidazole rings is 1. The lowest BCUT2D eigenvalue weighted by Crippen LogP contribution is -2.41. The summed E-state index contributed by atoms with van der Waals surface area (Å²) in [6, 6.07) is 11.8. The van der Waals surface area contributed by atoms with Crippen molar-refractivity contribution in [2.24, 2.45) is 0 Å². The van der Waals surface area contributed by atoms with Gasteiger partial charge >= 0.3 is 12.2 Å². The summed E-state index contributed by atoms with van der Waals surface area (Å²) in [4.78, 5) is 46.5. The summed E-state index contributed by atoms with van der Waals surface area (Å²) in [7, 11) is 0. The fourth-order valence-corrected chi connectivity index (χ4v) is 4.89. The molecule has 2 bridgehead atoms. The van der Waals surface area contributed by atoms with Gasteiger partial charge in [-0.05, 0) is 48.7 Å². The molecule has 5 rings (SSSR count). The van der Waals surface area contributed by atoms with Crippen LogP contribution in [0.4, 0.5) is 21.0 Å². The smallest absolute Gasteiger partial charge is 0.411 e. The maximum Gasteiger partial charge on any atom is 0.411 e. The van der Waals surface area contributed by atoms with Crippen molar-refractivity contribution in [3.05, 3.63) is 77.2 Å². The highest BCUT2D eigenvalue weighted by molar-refractivity contribution is 6.30. The molecule has 0 aliphatic carbocycles. The van der Waals surface area contributed by atoms with E-state index in [0.29, 0.717) is 59.3 Å². The molecule has 0 radical (unpaired) electrons. The zero-order valence-corrected chi connectivity index (χ0v) is 21.1. The number of amides is 3. The topological polar surface area (TPSA) is 137 Å². The summed E-state index contributed by atoms with van der Waals surface area (Å²) in [5.74, 6) is 0.369. The van der Waals surface area contributed by atoms with Crippen molar-refractivity contribution in [1.29, 1.82) is 0 Å². The first-order chi connectivity index (χ1) is 18.4. The summed E-state index contributed by atoms with van der Waals surface area (Å²) >= 11 is 6.12. The molecule has 1 unspecified atom stereocenters. The van der Waals surface area contributed by atoms with Gasteiger partial charge < -0.3 is 20.1 Å². The van der Waals surface area contributed by atoms with Crippen molar-refractivity contribution < 1.29 is 24.2 Å². The highest BCUT2D eigenvalue weighted by Gasteiger charge is 2.35. The molecule has 38 heavy (non-hydrogen) atoms. The fourth-order valence-electron chi connectivity index (χ4n) is 4.69. The molecule has 3 heterocycles. The number of H-pyrrole nitrogens is 1. The second-order valence-corrected chi connectivity index (χ2v) is 9.52. The summed E-state index contributed by atoms with van der Waals surface area (Å²) in [5, 5.41) is 14.8. The highest BCUT2D eigenvalue weighted by Crippen LogP contribution is 2.36. The molecule has 2 atom stereocenters. The lowest BCUT2D eigenvalue weighted by molar-refractivity contribution is -0.116. The molecule has 1 saturated heterocycles.